The molecule has 3 aromatic rings. The number of rotatable bonds is 4. The predicted octanol–water partition coefficient (Wildman–Crippen LogP) is 5.72. The molecule has 0 saturated heterocycles. The molecule has 25 heavy (non-hydrogen) atoms. The molecule has 130 valence electrons. The third-order valence-electron chi connectivity index (χ3n) is 3.96. The highest BCUT2D eigenvalue weighted by Crippen LogP contribution is 2.23. The Morgan fingerprint density at radius 2 is 1.96 bits per heavy atom. The highest BCUT2D eigenvalue weighted by molar-refractivity contribution is 7.16. The second-order valence-corrected chi connectivity index (χ2v) is 7.59. The van der Waals surface area contributed by atoms with Gasteiger partial charge in [-0.15, -0.1) is 0 Å². The second kappa shape index (κ2) is 7.73. The molecule has 0 aliphatic rings. The van der Waals surface area contributed by atoms with Crippen molar-refractivity contribution in [1.29, 1.82) is 0 Å². The van der Waals surface area contributed by atoms with Gasteiger partial charge in [-0.3, -0.25) is 4.79 Å². The van der Waals surface area contributed by atoms with Crippen molar-refractivity contribution in [2.45, 2.75) is 33.2 Å². The minimum Gasteiger partial charge on any atom is -0.316 e. The molecule has 0 aliphatic carbocycles. The van der Waals surface area contributed by atoms with E-state index < -0.39 is 0 Å². The van der Waals surface area contributed by atoms with Crippen molar-refractivity contribution in [2.75, 3.05) is 0 Å². The third kappa shape index (κ3) is 3.81. The van der Waals surface area contributed by atoms with E-state index in [4.69, 9.17) is 23.2 Å². The Morgan fingerprint density at radius 3 is 2.68 bits per heavy atom. The van der Waals surface area contributed by atoms with Crippen LogP contribution in [0.3, 0.4) is 0 Å². The maximum atomic E-state index is 12.6. The fraction of sp³-hybridized carbons (Fsp3) is 0.263. The van der Waals surface area contributed by atoms with E-state index >= 15 is 0 Å². The van der Waals surface area contributed by atoms with Crippen molar-refractivity contribution in [2.24, 2.45) is 4.99 Å². The first kappa shape index (κ1) is 18.2. The quantitative estimate of drug-likeness (QED) is 0.558. The Balaban J connectivity index is 2.15. The van der Waals surface area contributed by atoms with Gasteiger partial charge in [0.1, 0.15) is 0 Å². The molecule has 2 aromatic carbocycles. The van der Waals surface area contributed by atoms with Crippen LogP contribution in [-0.4, -0.2) is 10.5 Å². The summed E-state index contributed by atoms with van der Waals surface area (Å²) in [5.74, 6) is -0.375. The smallest absolute Gasteiger partial charge is 0.281 e. The molecule has 1 amide bonds. The summed E-state index contributed by atoms with van der Waals surface area (Å²) in [4.78, 5) is 17.7. The minimum atomic E-state index is -0.375. The molecule has 0 saturated carbocycles. The van der Waals surface area contributed by atoms with E-state index in [1.165, 1.54) is 16.9 Å². The van der Waals surface area contributed by atoms with E-state index in [0.29, 0.717) is 20.4 Å². The molecule has 3 rings (SSSR count). The number of thiazole rings is 1. The molecule has 0 spiro atoms. The average molecular weight is 393 g/mol. The lowest BCUT2D eigenvalue weighted by Gasteiger charge is -2.04. The van der Waals surface area contributed by atoms with Crippen molar-refractivity contribution in [1.82, 2.24) is 4.57 Å². The molecule has 0 fully saturated rings. The second-order valence-electron chi connectivity index (χ2n) is 5.73. The number of carbonyl (C=O) groups is 1. The van der Waals surface area contributed by atoms with Crippen LogP contribution in [0.1, 0.15) is 36.2 Å². The van der Waals surface area contributed by atoms with Crippen molar-refractivity contribution >= 4 is 50.7 Å². The number of aromatic nitrogens is 1. The molecular formula is C19H18Cl2N2OS. The van der Waals surface area contributed by atoms with Crippen LogP contribution in [0.15, 0.2) is 41.4 Å². The monoisotopic (exact) mass is 392 g/mol. The summed E-state index contributed by atoms with van der Waals surface area (Å²) >= 11 is 13.6. The summed E-state index contributed by atoms with van der Waals surface area (Å²) in [7, 11) is 0. The van der Waals surface area contributed by atoms with Crippen LogP contribution >= 0.6 is 34.5 Å². The first-order chi connectivity index (χ1) is 12.0. The summed E-state index contributed by atoms with van der Waals surface area (Å²) < 4.78 is 3.23. The van der Waals surface area contributed by atoms with Gasteiger partial charge >= 0.3 is 0 Å². The number of amides is 1. The number of hydrogen-bond acceptors (Lipinski definition) is 2. The number of carbonyl (C=O) groups excluding carboxylic acids is 1. The lowest BCUT2D eigenvalue weighted by Crippen LogP contribution is -2.17. The summed E-state index contributed by atoms with van der Waals surface area (Å²) in [5.41, 5.74) is 2.70. The minimum absolute atomic E-state index is 0.323. The fourth-order valence-electron chi connectivity index (χ4n) is 2.67. The van der Waals surface area contributed by atoms with Crippen LogP contribution < -0.4 is 4.80 Å². The topological polar surface area (TPSA) is 34.4 Å². The number of halogens is 2. The first-order valence-corrected chi connectivity index (χ1v) is 9.77. The van der Waals surface area contributed by atoms with Crippen molar-refractivity contribution < 1.29 is 4.79 Å². The molecule has 0 atom stereocenters. The zero-order valence-corrected chi connectivity index (χ0v) is 16.4. The summed E-state index contributed by atoms with van der Waals surface area (Å²) in [6.45, 7) is 5.04. The summed E-state index contributed by atoms with van der Waals surface area (Å²) in [6, 6.07) is 11.2. The van der Waals surface area contributed by atoms with E-state index in [2.05, 4.69) is 41.6 Å². The van der Waals surface area contributed by atoms with Crippen LogP contribution in [0.5, 0.6) is 0 Å². The lowest BCUT2D eigenvalue weighted by molar-refractivity contribution is 0.0998. The van der Waals surface area contributed by atoms with Gasteiger partial charge in [0, 0.05) is 11.6 Å². The molecule has 0 N–H and O–H groups in total. The molecule has 3 nitrogen and oxygen atoms in total. The van der Waals surface area contributed by atoms with Crippen LogP contribution in [0, 0.1) is 0 Å². The SMILES string of the molecule is CCCn1c(=NC(=O)c2cc(Cl)ccc2Cl)sc2cc(CC)ccc21. The van der Waals surface area contributed by atoms with Crippen molar-refractivity contribution in [3.63, 3.8) is 0 Å². The van der Waals surface area contributed by atoms with Gasteiger partial charge in [-0.1, -0.05) is 54.5 Å². The summed E-state index contributed by atoms with van der Waals surface area (Å²) in [6.07, 6.45) is 1.94. The molecule has 0 bridgehead atoms. The number of nitrogens with zero attached hydrogens (tertiary/aromatic N) is 2. The van der Waals surface area contributed by atoms with Gasteiger partial charge < -0.3 is 4.57 Å². The van der Waals surface area contributed by atoms with Crippen molar-refractivity contribution in [3.05, 3.63) is 62.4 Å². The maximum absolute atomic E-state index is 12.6. The molecule has 1 aromatic heterocycles. The molecule has 6 heteroatoms. The lowest BCUT2D eigenvalue weighted by atomic mass is 10.2. The van der Waals surface area contributed by atoms with Crippen LogP contribution in [0.2, 0.25) is 10.0 Å². The van der Waals surface area contributed by atoms with E-state index in [1.54, 1.807) is 18.2 Å². The Bertz CT molecular complexity index is 1000. The van der Waals surface area contributed by atoms with Gasteiger partial charge in [0.05, 0.1) is 20.8 Å². The normalized spacial score (nSPS) is 12.1. The first-order valence-electron chi connectivity index (χ1n) is 8.19. The fourth-order valence-corrected chi connectivity index (χ4v) is 4.16. The van der Waals surface area contributed by atoms with Gasteiger partial charge in [0.15, 0.2) is 4.80 Å². The molecular weight excluding hydrogens is 375 g/mol. The van der Waals surface area contributed by atoms with Gasteiger partial charge in [-0.25, -0.2) is 0 Å². The highest BCUT2D eigenvalue weighted by atomic mass is 35.5. The van der Waals surface area contributed by atoms with Gasteiger partial charge in [-0.05, 0) is 48.7 Å². The summed E-state index contributed by atoms with van der Waals surface area (Å²) in [5, 5.41) is 0.822. The molecule has 0 unspecified atom stereocenters. The number of benzene rings is 2. The highest BCUT2D eigenvalue weighted by Gasteiger charge is 2.12. The van der Waals surface area contributed by atoms with Gasteiger partial charge in [0.2, 0.25) is 0 Å². The van der Waals surface area contributed by atoms with Crippen molar-refractivity contribution in [3.8, 4) is 0 Å². The average Bonchev–Trinajstić information content (AvgIpc) is 2.93. The standard InChI is InChI=1S/C19H18Cl2N2OS/c1-3-9-23-16-8-5-12(4-2)10-17(16)25-19(23)22-18(24)14-11-13(20)6-7-15(14)21/h5-8,10-11H,3-4,9H2,1-2H3. The van der Waals surface area contributed by atoms with Crippen LogP contribution in [0.25, 0.3) is 10.2 Å². The Labute approximate surface area is 160 Å². The number of aryl methyl sites for hydroxylation is 2. The van der Waals surface area contributed by atoms with E-state index in [-0.39, 0.29) is 5.91 Å². The van der Waals surface area contributed by atoms with E-state index in [0.717, 1.165) is 29.6 Å². The zero-order valence-electron chi connectivity index (χ0n) is 14.1. The number of hydrogen-bond donors (Lipinski definition) is 0. The van der Waals surface area contributed by atoms with E-state index in [1.807, 2.05) is 0 Å². The van der Waals surface area contributed by atoms with Gasteiger partial charge in [-0.2, -0.15) is 4.99 Å². The zero-order chi connectivity index (χ0) is 18.0. The Hall–Kier alpha value is -1.62. The van der Waals surface area contributed by atoms with Gasteiger partial charge in [0.25, 0.3) is 5.91 Å². The largest absolute Gasteiger partial charge is 0.316 e. The molecule has 0 aliphatic heterocycles. The Kier molecular flexibility index (Phi) is 5.62. The van der Waals surface area contributed by atoms with Crippen LogP contribution in [0.4, 0.5) is 0 Å². The maximum Gasteiger partial charge on any atom is 0.281 e. The predicted molar refractivity (Wildman–Crippen MR) is 106 cm³/mol. The van der Waals surface area contributed by atoms with Crippen LogP contribution in [-0.2, 0) is 13.0 Å². The van der Waals surface area contributed by atoms with E-state index in [9.17, 15) is 4.79 Å². The molecule has 0 radical (unpaired) electrons. The third-order valence-corrected chi connectivity index (χ3v) is 5.56. The number of fused-ring (bicyclic) bond motifs is 1. The molecule has 1 heterocycles. The Morgan fingerprint density at radius 1 is 1.16 bits per heavy atom.